The van der Waals surface area contributed by atoms with E-state index < -0.39 is 0 Å². The minimum Gasteiger partial charge on any atom is -0.383 e. The van der Waals surface area contributed by atoms with Gasteiger partial charge in [-0.25, -0.2) is 0 Å². The summed E-state index contributed by atoms with van der Waals surface area (Å²) in [7, 11) is 1.75. The van der Waals surface area contributed by atoms with Crippen LogP contribution in [0.3, 0.4) is 0 Å². The summed E-state index contributed by atoms with van der Waals surface area (Å²) in [4.78, 5) is 2.68. The van der Waals surface area contributed by atoms with E-state index in [9.17, 15) is 0 Å². The van der Waals surface area contributed by atoms with Gasteiger partial charge in [-0.05, 0) is 25.8 Å². The predicted octanol–water partition coefficient (Wildman–Crippen LogP) is 0.866. The molecule has 2 aliphatic rings. The van der Waals surface area contributed by atoms with Crippen LogP contribution in [0, 0.1) is 0 Å². The Hall–Kier alpha value is -0.160. The van der Waals surface area contributed by atoms with E-state index in [1.165, 1.54) is 32.2 Å². The van der Waals surface area contributed by atoms with E-state index in [-0.39, 0.29) is 0 Å². The minimum absolute atomic E-state index is 0.671. The lowest BCUT2D eigenvalue weighted by molar-refractivity contribution is 0.0787. The van der Waals surface area contributed by atoms with E-state index in [4.69, 9.17) is 9.47 Å². The summed E-state index contributed by atoms with van der Waals surface area (Å²) >= 11 is 0. The fourth-order valence-electron chi connectivity index (χ4n) is 2.95. The lowest BCUT2D eigenvalue weighted by Crippen LogP contribution is -2.51. The highest BCUT2D eigenvalue weighted by atomic mass is 16.5. The van der Waals surface area contributed by atoms with Crippen molar-refractivity contribution >= 4 is 0 Å². The third kappa shape index (κ3) is 3.91. The smallest absolute Gasteiger partial charge is 0.0622 e. The molecular weight excluding hydrogens is 216 g/mol. The SMILES string of the molecule is COCCNCC1CCCCN1C1CCOC1. The normalized spacial score (nSPS) is 30.9. The van der Waals surface area contributed by atoms with E-state index in [1.54, 1.807) is 7.11 Å². The summed E-state index contributed by atoms with van der Waals surface area (Å²) in [6.45, 7) is 6.01. The highest BCUT2D eigenvalue weighted by molar-refractivity contribution is 4.86. The van der Waals surface area contributed by atoms with Crippen LogP contribution >= 0.6 is 0 Å². The van der Waals surface area contributed by atoms with E-state index in [2.05, 4.69) is 10.2 Å². The van der Waals surface area contributed by atoms with E-state index in [0.717, 1.165) is 32.9 Å². The van der Waals surface area contributed by atoms with Crippen molar-refractivity contribution in [2.45, 2.75) is 37.8 Å². The number of nitrogens with one attached hydrogen (secondary N) is 1. The van der Waals surface area contributed by atoms with Gasteiger partial charge in [0.05, 0.1) is 13.2 Å². The first-order chi connectivity index (χ1) is 8.42. The van der Waals surface area contributed by atoms with E-state index >= 15 is 0 Å². The van der Waals surface area contributed by atoms with Gasteiger partial charge in [-0.3, -0.25) is 4.90 Å². The molecule has 0 aromatic rings. The Morgan fingerprint density at radius 3 is 3.06 bits per heavy atom. The van der Waals surface area contributed by atoms with Crippen molar-refractivity contribution in [3.8, 4) is 0 Å². The number of hydrogen-bond donors (Lipinski definition) is 1. The molecule has 100 valence electrons. The Balaban J connectivity index is 1.75. The van der Waals surface area contributed by atoms with Gasteiger partial charge in [0, 0.05) is 38.9 Å². The lowest BCUT2D eigenvalue weighted by atomic mass is 9.99. The molecule has 2 saturated heterocycles. The molecule has 0 radical (unpaired) electrons. The first-order valence-electron chi connectivity index (χ1n) is 6.95. The van der Waals surface area contributed by atoms with Crippen LogP contribution in [0.2, 0.25) is 0 Å². The zero-order valence-corrected chi connectivity index (χ0v) is 11.0. The zero-order chi connectivity index (χ0) is 11.9. The molecule has 0 saturated carbocycles. The maximum Gasteiger partial charge on any atom is 0.0622 e. The summed E-state index contributed by atoms with van der Waals surface area (Å²) in [6.07, 6.45) is 5.27. The number of ether oxygens (including phenoxy) is 2. The van der Waals surface area contributed by atoms with Crippen molar-refractivity contribution in [3.05, 3.63) is 0 Å². The Labute approximate surface area is 105 Å². The molecule has 2 unspecified atom stereocenters. The molecule has 2 atom stereocenters. The second-order valence-electron chi connectivity index (χ2n) is 5.10. The molecule has 2 rings (SSSR count). The van der Waals surface area contributed by atoms with E-state index in [1.807, 2.05) is 0 Å². The van der Waals surface area contributed by atoms with Crippen LogP contribution < -0.4 is 5.32 Å². The second kappa shape index (κ2) is 7.31. The van der Waals surface area contributed by atoms with Crippen molar-refractivity contribution in [2.24, 2.45) is 0 Å². The van der Waals surface area contributed by atoms with Gasteiger partial charge < -0.3 is 14.8 Å². The molecule has 0 spiro atoms. The number of likely N-dealkylation sites (tertiary alicyclic amines) is 1. The molecule has 0 bridgehead atoms. The summed E-state index contributed by atoms with van der Waals surface area (Å²) in [6, 6.07) is 1.37. The molecule has 1 N–H and O–H groups in total. The van der Waals surface area contributed by atoms with Crippen molar-refractivity contribution in [2.75, 3.05) is 46.6 Å². The maximum atomic E-state index is 5.52. The van der Waals surface area contributed by atoms with Crippen LogP contribution in [-0.2, 0) is 9.47 Å². The van der Waals surface area contributed by atoms with Gasteiger partial charge in [0.2, 0.25) is 0 Å². The standard InChI is InChI=1S/C13H26N2O2/c1-16-9-6-14-10-12-4-2-3-7-15(12)13-5-8-17-11-13/h12-14H,2-11H2,1H3. The minimum atomic E-state index is 0.671. The molecule has 2 aliphatic heterocycles. The number of methoxy groups -OCH3 is 1. The average molecular weight is 242 g/mol. The molecule has 17 heavy (non-hydrogen) atoms. The third-order valence-electron chi connectivity index (χ3n) is 3.91. The number of piperidine rings is 1. The molecule has 0 aromatic carbocycles. The highest BCUT2D eigenvalue weighted by Crippen LogP contribution is 2.23. The largest absolute Gasteiger partial charge is 0.383 e. The molecule has 4 nitrogen and oxygen atoms in total. The van der Waals surface area contributed by atoms with Gasteiger partial charge in [0.25, 0.3) is 0 Å². The topological polar surface area (TPSA) is 33.7 Å². The molecule has 4 heteroatoms. The van der Waals surface area contributed by atoms with Crippen molar-refractivity contribution in [3.63, 3.8) is 0 Å². The van der Waals surface area contributed by atoms with Gasteiger partial charge in [-0.2, -0.15) is 0 Å². The fourth-order valence-corrected chi connectivity index (χ4v) is 2.95. The Morgan fingerprint density at radius 1 is 1.35 bits per heavy atom. The van der Waals surface area contributed by atoms with Gasteiger partial charge in [0.1, 0.15) is 0 Å². The summed E-state index contributed by atoms with van der Waals surface area (Å²) in [5.74, 6) is 0. The maximum absolute atomic E-state index is 5.52. The van der Waals surface area contributed by atoms with Crippen LogP contribution in [0.4, 0.5) is 0 Å². The monoisotopic (exact) mass is 242 g/mol. The molecule has 0 amide bonds. The number of nitrogens with zero attached hydrogens (tertiary/aromatic N) is 1. The summed E-state index contributed by atoms with van der Waals surface area (Å²) < 4.78 is 10.6. The molecule has 2 heterocycles. The lowest BCUT2D eigenvalue weighted by Gasteiger charge is -2.39. The highest BCUT2D eigenvalue weighted by Gasteiger charge is 2.30. The molecular formula is C13H26N2O2. The number of rotatable bonds is 6. The van der Waals surface area contributed by atoms with Gasteiger partial charge in [0.15, 0.2) is 0 Å². The third-order valence-corrected chi connectivity index (χ3v) is 3.91. The quantitative estimate of drug-likeness (QED) is 0.701. The Kier molecular flexibility index (Phi) is 5.71. The molecule has 0 aromatic heterocycles. The van der Waals surface area contributed by atoms with Gasteiger partial charge in [-0.1, -0.05) is 6.42 Å². The van der Waals surface area contributed by atoms with Crippen molar-refractivity contribution < 1.29 is 9.47 Å². The van der Waals surface area contributed by atoms with Crippen molar-refractivity contribution in [1.82, 2.24) is 10.2 Å². The Bertz CT molecular complexity index is 208. The van der Waals surface area contributed by atoms with Gasteiger partial charge >= 0.3 is 0 Å². The summed E-state index contributed by atoms with van der Waals surface area (Å²) in [5.41, 5.74) is 0. The molecule has 2 fully saturated rings. The van der Waals surface area contributed by atoms with Crippen LogP contribution in [0.25, 0.3) is 0 Å². The predicted molar refractivity (Wildman–Crippen MR) is 68.3 cm³/mol. The van der Waals surface area contributed by atoms with Crippen LogP contribution in [0.1, 0.15) is 25.7 Å². The van der Waals surface area contributed by atoms with Crippen molar-refractivity contribution in [1.29, 1.82) is 0 Å². The first-order valence-corrected chi connectivity index (χ1v) is 6.95. The average Bonchev–Trinajstić information content (AvgIpc) is 2.89. The van der Waals surface area contributed by atoms with Crippen LogP contribution in [0.15, 0.2) is 0 Å². The molecule has 0 aliphatic carbocycles. The van der Waals surface area contributed by atoms with E-state index in [0.29, 0.717) is 12.1 Å². The van der Waals surface area contributed by atoms with Crippen LogP contribution in [0.5, 0.6) is 0 Å². The summed E-state index contributed by atoms with van der Waals surface area (Å²) in [5, 5.41) is 3.50. The first kappa shape index (κ1) is 13.3. The fraction of sp³-hybridized carbons (Fsp3) is 1.00. The second-order valence-corrected chi connectivity index (χ2v) is 5.10. The van der Waals surface area contributed by atoms with Gasteiger partial charge in [-0.15, -0.1) is 0 Å². The zero-order valence-electron chi connectivity index (χ0n) is 11.0. The van der Waals surface area contributed by atoms with Crippen LogP contribution in [-0.4, -0.2) is 63.5 Å². The Morgan fingerprint density at radius 2 is 2.29 bits per heavy atom. The number of hydrogen-bond acceptors (Lipinski definition) is 4.